The monoisotopic (exact) mass is 265 g/mol. The van der Waals surface area contributed by atoms with Crippen LogP contribution in [0.1, 0.15) is 13.3 Å². The molecule has 19 heavy (non-hydrogen) atoms. The smallest absolute Gasteiger partial charge is 0.250 e. The maximum atomic E-state index is 11.6. The van der Waals surface area contributed by atoms with E-state index in [9.17, 15) is 9.59 Å². The van der Waals surface area contributed by atoms with Crippen LogP contribution in [-0.2, 0) is 14.3 Å². The second kappa shape index (κ2) is 7.50. The molecule has 0 aliphatic carbocycles. The minimum atomic E-state index is -0.249. The number of amides is 2. The lowest BCUT2D eigenvalue weighted by Crippen LogP contribution is -2.24. The van der Waals surface area contributed by atoms with Crippen molar-refractivity contribution >= 4 is 23.2 Å². The lowest BCUT2D eigenvalue weighted by Gasteiger charge is -2.09. The molecule has 0 heterocycles. The van der Waals surface area contributed by atoms with Crippen LogP contribution in [0.3, 0.4) is 0 Å². The van der Waals surface area contributed by atoms with Gasteiger partial charge in [0.2, 0.25) is 11.8 Å². The van der Waals surface area contributed by atoms with E-state index in [1.165, 1.54) is 7.11 Å². The molecule has 104 valence electrons. The van der Waals surface area contributed by atoms with Gasteiger partial charge in [-0.3, -0.25) is 9.59 Å². The van der Waals surface area contributed by atoms with Gasteiger partial charge in [-0.15, -0.1) is 0 Å². The minimum absolute atomic E-state index is 0.0126. The second-order valence-corrected chi connectivity index (χ2v) is 4.29. The maximum absolute atomic E-state index is 11.6. The van der Waals surface area contributed by atoms with Crippen molar-refractivity contribution in [3.05, 3.63) is 24.3 Å². The van der Waals surface area contributed by atoms with Gasteiger partial charge in [0, 0.05) is 30.9 Å². The molecule has 0 saturated heterocycles. The van der Waals surface area contributed by atoms with Gasteiger partial charge < -0.3 is 21.1 Å². The number of nitrogens with two attached hydrogens (primary N) is 1. The van der Waals surface area contributed by atoms with Crippen LogP contribution in [0.4, 0.5) is 11.4 Å². The summed E-state index contributed by atoms with van der Waals surface area (Å²) in [6, 6.07) is 6.70. The Hall–Kier alpha value is -1.92. The Bertz CT molecular complexity index is 447. The minimum Gasteiger partial charge on any atom is -0.375 e. The van der Waals surface area contributed by atoms with Crippen LogP contribution in [0.25, 0.3) is 0 Å². The van der Waals surface area contributed by atoms with E-state index in [1.807, 2.05) is 0 Å². The highest BCUT2D eigenvalue weighted by Crippen LogP contribution is 2.15. The Kier molecular flexibility index (Phi) is 5.98. The van der Waals surface area contributed by atoms with Gasteiger partial charge in [-0.2, -0.15) is 0 Å². The molecule has 0 spiro atoms. The van der Waals surface area contributed by atoms with Crippen molar-refractivity contribution in [1.29, 1.82) is 0 Å². The summed E-state index contributed by atoms with van der Waals surface area (Å²) in [5.41, 5.74) is 6.75. The molecule has 0 saturated carbocycles. The second-order valence-electron chi connectivity index (χ2n) is 4.29. The highest BCUT2D eigenvalue weighted by molar-refractivity contribution is 5.94. The molecule has 1 aromatic rings. The van der Waals surface area contributed by atoms with Gasteiger partial charge in [0.05, 0.1) is 0 Å². The van der Waals surface area contributed by atoms with Gasteiger partial charge in [0.15, 0.2) is 0 Å². The Morgan fingerprint density at radius 1 is 1.26 bits per heavy atom. The van der Waals surface area contributed by atoms with Crippen LogP contribution in [0.5, 0.6) is 0 Å². The van der Waals surface area contributed by atoms with Crippen LogP contribution in [0.15, 0.2) is 24.3 Å². The third kappa shape index (κ3) is 5.98. The Labute approximate surface area is 112 Å². The quantitative estimate of drug-likeness (QED) is 0.713. The predicted octanol–water partition coefficient (Wildman–Crippen LogP) is 0.947. The summed E-state index contributed by atoms with van der Waals surface area (Å²) in [6.45, 7) is 1.75. The van der Waals surface area contributed by atoms with Crippen molar-refractivity contribution in [3.8, 4) is 0 Å². The molecule has 6 nitrogen and oxygen atoms in total. The van der Waals surface area contributed by atoms with Gasteiger partial charge in [0.1, 0.15) is 6.61 Å². The number of carbonyl (C=O) groups is 2. The molecular formula is C13H19N3O3. The average molecular weight is 265 g/mol. The third-order valence-electron chi connectivity index (χ3n) is 2.21. The third-order valence-corrected chi connectivity index (χ3v) is 2.21. The number of benzene rings is 1. The molecule has 1 rings (SSSR count). The molecular weight excluding hydrogens is 246 g/mol. The normalized spacial score (nSPS) is 11.7. The van der Waals surface area contributed by atoms with Gasteiger partial charge in [-0.05, 0) is 25.1 Å². The summed E-state index contributed by atoms with van der Waals surface area (Å²) < 4.78 is 4.72. The molecule has 0 aliphatic rings. The molecule has 1 aromatic carbocycles. The molecule has 0 bridgehead atoms. The average Bonchev–Trinajstić information content (AvgIpc) is 2.28. The number of rotatable bonds is 6. The zero-order valence-electron chi connectivity index (χ0n) is 11.1. The first kappa shape index (κ1) is 15.1. The number of anilines is 2. The highest BCUT2D eigenvalue weighted by atomic mass is 16.5. The van der Waals surface area contributed by atoms with E-state index in [-0.39, 0.29) is 30.9 Å². The molecule has 2 amide bonds. The van der Waals surface area contributed by atoms with E-state index < -0.39 is 0 Å². The highest BCUT2D eigenvalue weighted by Gasteiger charge is 2.06. The number of nitrogens with one attached hydrogen (secondary N) is 2. The lowest BCUT2D eigenvalue weighted by atomic mass is 10.2. The summed E-state index contributed by atoms with van der Waals surface area (Å²) in [5, 5.41) is 5.37. The van der Waals surface area contributed by atoms with E-state index >= 15 is 0 Å². The Morgan fingerprint density at radius 2 is 1.84 bits per heavy atom. The van der Waals surface area contributed by atoms with Crippen molar-refractivity contribution in [2.45, 2.75) is 19.4 Å². The summed E-state index contributed by atoms with van der Waals surface area (Å²) >= 11 is 0. The molecule has 0 aromatic heterocycles. The molecule has 1 atom stereocenters. The van der Waals surface area contributed by atoms with E-state index in [2.05, 4.69) is 10.6 Å². The summed E-state index contributed by atoms with van der Waals surface area (Å²) in [7, 11) is 1.45. The Morgan fingerprint density at radius 3 is 2.37 bits per heavy atom. The van der Waals surface area contributed by atoms with Gasteiger partial charge in [-0.25, -0.2) is 0 Å². The number of hydrogen-bond donors (Lipinski definition) is 3. The van der Waals surface area contributed by atoms with Crippen molar-refractivity contribution in [2.24, 2.45) is 5.73 Å². The van der Waals surface area contributed by atoms with Crippen LogP contribution >= 0.6 is 0 Å². The van der Waals surface area contributed by atoms with Gasteiger partial charge in [-0.1, -0.05) is 6.07 Å². The number of hydrogen-bond acceptors (Lipinski definition) is 4. The van der Waals surface area contributed by atoms with Crippen molar-refractivity contribution < 1.29 is 14.3 Å². The fourth-order valence-electron chi connectivity index (χ4n) is 1.51. The first-order valence-corrected chi connectivity index (χ1v) is 5.95. The van der Waals surface area contributed by atoms with Crippen molar-refractivity contribution in [2.75, 3.05) is 24.4 Å². The van der Waals surface area contributed by atoms with Gasteiger partial charge >= 0.3 is 0 Å². The zero-order chi connectivity index (χ0) is 14.3. The van der Waals surface area contributed by atoms with Crippen LogP contribution in [-0.4, -0.2) is 31.6 Å². The molecule has 0 radical (unpaired) electrons. The predicted molar refractivity (Wildman–Crippen MR) is 73.8 cm³/mol. The summed E-state index contributed by atoms with van der Waals surface area (Å²) in [6.07, 6.45) is 0.250. The summed E-state index contributed by atoms with van der Waals surface area (Å²) in [4.78, 5) is 22.9. The Balaban J connectivity index is 2.61. The maximum Gasteiger partial charge on any atom is 0.250 e. The molecule has 1 unspecified atom stereocenters. The topological polar surface area (TPSA) is 93.5 Å². The van der Waals surface area contributed by atoms with E-state index in [4.69, 9.17) is 10.5 Å². The molecule has 6 heteroatoms. The molecule has 0 aliphatic heterocycles. The number of ether oxygens (including phenoxy) is 1. The molecule has 4 N–H and O–H groups in total. The number of carbonyl (C=O) groups excluding carboxylic acids is 2. The van der Waals surface area contributed by atoms with E-state index in [0.717, 1.165) is 0 Å². The van der Waals surface area contributed by atoms with E-state index in [1.54, 1.807) is 31.2 Å². The first-order chi connectivity index (χ1) is 9.01. The zero-order valence-corrected chi connectivity index (χ0v) is 11.1. The summed E-state index contributed by atoms with van der Waals surface area (Å²) in [5.74, 6) is -0.406. The first-order valence-electron chi connectivity index (χ1n) is 5.95. The van der Waals surface area contributed by atoms with Crippen LogP contribution < -0.4 is 16.4 Å². The lowest BCUT2D eigenvalue weighted by molar-refractivity contribution is -0.119. The van der Waals surface area contributed by atoms with Crippen molar-refractivity contribution in [1.82, 2.24) is 0 Å². The fourth-order valence-corrected chi connectivity index (χ4v) is 1.51. The van der Waals surface area contributed by atoms with Gasteiger partial charge in [0.25, 0.3) is 0 Å². The SMILES string of the molecule is COCC(=O)Nc1cccc(NC(=O)CC(C)N)c1. The van der Waals surface area contributed by atoms with E-state index in [0.29, 0.717) is 11.4 Å². The number of methoxy groups -OCH3 is 1. The largest absolute Gasteiger partial charge is 0.375 e. The van der Waals surface area contributed by atoms with Crippen LogP contribution in [0, 0.1) is 0 Å². The molecule has 0 fully saturated rings. The standard InChI is InChI=1S/C13H19N3O3/c1-9(14)6-12(17)15-10-4-3-5-11(7-10)16-13(18)8-19-2/h3-5,7,9H,6,8,14H2,1-2H3,(H,15,17)(H,16,18). The van der Waals surface area contributed by atoms with Crippen molar-refractivity contribution in [3.63, 3.8) is 0 Å². The fraction of sp³-hybridized carbons (Fsp3) is 0.385. The van der Waals surface area contributed by atoms with Crippen LogP contribution in [0.2, 0.25) is 0 Å².